The third kappa shape index (κ3) is 5.19. The lowest BCUT2D eigenvalue weighted by atomic mass is 10.0. The number of rotatable bonds is 6. The predicted octanol–water partition coefficient (Wildman–Crippen LogP) is 3.37. The minimum atomic E-state index is 0.103. The molecule has 0 heterocycles. The van der Waals surface area contributed by atoms with E-state index in [0.717, 1.165) is 12.1 Å². The average molecular weight is 305 g/mol. The summed E-state index contributed by atoms with van der Waals surface area (Å²) in [6.07, 6.45) is 0. The van der Waals surface area contributed by atoms with E-state index in [4.69, 9.17) is 23.2 Å². The van der Waals surface area contributed by atoms with Crippen LogP contribution in [0.2, 0.25) is 10.0 Å². The highest BCUT2D eigenvalue weighted by atomic mass is 35.5. The molecule has 0 amide bonds. The monoisotopic (exact) mass is 304 g/mol. The lowest BCUT2D eigenvalue weighted by Gasteiger charge is -2.26. The normalized spacial score (nSPS) is 13.3. The summed E-state index contributed by atoms with van der Waals surface area (Å²) in [5, 5.41) is 14.2. The topological polar surface area (TPSA) is 35.5 Å². The quantitative estimate of drug-likeness (QED) is 0.846. The van der Waals surface area contributed by atoms with Crippen LogP contribution in [-0.4, -0.2) is 36.7 Å². The highest BCUT2D eigenvalue weighted by Crippen LogP contribution is 2.31. The van der Waals surface area contributed by atoms with Crippen molar-refractivity contribution in [2.45, 2.75) is 26.4 Å². The van der Waals surface area contributed by atoms with E-state index in [1.807, 2.05) is 14.1 Å². The molecule has 0 bridgehead atoms. The van der Waals surface area contributed by atoms with E-state index in [1.54, 1.807) is 12.1 Å². The van der Waals surface area contributed by atoms with Gasteiger partial charge in [0, 0.05) is 29.7 Å². The fourth-order valence-corrected chi connectivity index (χ4v) is 2.44. The van der Waals surface area contributed by atoms with E-state index in [9.17, 15) is 5.11 Å². The molecule has 2 N–H and O–H groups in total. The molecule has 3 nitrogen and oxygen atoms in total. The molecule has 0 aliphatic heterocycles. The molecule has 0 aliphatic rings. The van der Waals surface area contributed by atoms with E-state index >= 15 is 0 Å². The van der Waals surface area contributed by atoms with Gasteiger partial charge in [-0.2, -0.15) is 0 Å². The molecule has 1 atom stereocenters. The van der Waals surface area contributed by atoms with Gasteiger partial charge in [0.15, 0.2) is 0 Å². The first-order valence-corrected chi connectivity index (χ1v) is 7.11. The Hall–Kier alpha value is -0.480. The molecular formula is C14H22Cl2N2O. The highest BCUT2D eigenvalue weighted by Gasteiger charge is 2.15. The number of nitrogens with one attached hydrogen (secondary N) is 1. The first-order chi connectivity index (χ1) is 8.81. The second kappa shape index (κ2) is 7.34. The van der Waals surface area contributed by atoms with E-state index in [0.29, 0.717) is 23.5 Å². The minimum Gasteiger partial charge on any atom is -0.506 e. The van der Waals surface area contributed by atoms with Crippen molar-refractivity contribution in [3.63, 3.8) is 0 Å². The number of hydrogen-bond donors (Lipinski definition) is 2. The number of likely N-dealkylation sites (N-methyl/N-ethyl adjacent to an activating group) is 1. The van der Waals surface area contributed by atoms with Crippen LogP contribution in [0.25, 0.3) is 0 Å². The molecule has 0 saturated heterocycles. The number of hydrogen-bond acceptors (Lipinski definition) is 3. The number of nitrogens with zero attached hydrogens (tertiary/aromatic N) is 1. The first kappa shape index (κ1) is 16.6. The van der Waals surface area contributed by atoms with Gasteiger partial charge >= 0.3 is 0 Å². The Morgan fingerprint density at radius 1 is 1.26 bits per heavy atom. The van der Waals surface area contributed by atoms with Crippen LogP contribution >= 0.6 is 23.2 Å². The molecule has 5 heteroatoms. The first-order valence-electron chi connectivity index (χ1n) is 6.36. The van der Waals surface area contributed by atoms with Crippen molar-refractivity contribution in [3.05, 3.63) is 27.7 Å². The van der Waals surface area contributed by atoms with Gasteiger partial charge in [-0.25, -0.2) is 0 Å². The Morgan fingerprint density at radius 2 is 1.89 bits per heavy atom. The van der Waals surface area contributed by atoms with Crippen molar-refractivity contribution in [1.29, 1.82) is 0 Å². The lowest BCUT2D eigenvalue weighted by Crippen LogP contribution is -2.41. The van der Waals surface area contributed by atoms with Crippen molar-refractivity contribution in [3.8, 4) is 5.75 Å². The Bertz CT molecular complexity index is 422. The van der Waals surface area contributed by atoms with Gasteiger partial charge in [0.2, 0.25) is 0 Å². The van der Waals surface area contributed by atoms with Crippen LogP contribution in [0, 0.1) is 5.92 Å². The van der Waals surface area contributed by atoms with Crippen molar-refractivity contribution in [1.82, 2.24) is 10.2 Å². The maximum atomic E-state index is 9.91. The molecule has 0 radical (unpaired) electrons. The van der Waals surface area contributed by atoms with Gasteiger partial charge in [0.05, 0.1) is 5.02 Å². The Labute approximate surface area is 125 Å². The van der Waals surface area contributed by atoms with Crippen molar-refractivity contribution >= 4 is 23.2 Å². The molecule has 1 rings (SSSR count). The number of benzene rings is 1. The van der Waals surface area contributed by atoms with Gasteiger partial charge in [-0.15, -0.1) is 0 Å². The molecular weight excluding hydrogens is 283 g/mol. The average Bonchev–Trinajstić information content (AvgIpc) is 2.29. The molecule has 0 spiro atoms. The molecule has 19 heavy (non-hydrogen) atoms. The van der Waals surface area contributed by atoms with E-state index in [1.165, 1.54) is 0 Å². The van der Waals surface area contributed by atoms with Crippen LogP contribution in [0.15, 0.2) is 12.1 Å². The summed E-state index contributed by atoms with van der Waals surface area (Å²) in [6.45, 7) is 5.83. The molecule has 108 valence electrons. The largest absolute Gasteiger partial charge is 0.506 e. The van der Waals surface area contributed by atoms with Crippen LogP contribution in [0.1, 0.15) is 19.4 Å². The van der Waals surface area contributed by atoms with Gasteiger partial charge in [-0.1, -0.05) is 37.0 Å². The minimum absolute atomic E-state index is 0.103. The maximum absolute atomic E-state index is 9.91. The molecule has 1 aromatic carbocycles. The van der Waals surface area contributed by atoms with Gasteiger partial charge in [0.25, 0.3) is 0 Å². The predicted molar refractivity (Wildman–Crippen MR) is 82.1 cm³/mol. The van der Waals surface area contributed by atoms with E-state index < -0.39 is 0 Å². The van der Waals surface area contributed by atoms with Crippen molar-refractivity contribution in [2.24, 2.45) is 5.92 Å². The molecule has 0 aromatic heterocycles. The summed E-state index contributed by atoms with van der Waals surface area (Å²) in [5.41, 5.74) is 0.724. The summed E-state index contributed by atoms with van der Waals surface area (Å²) >= 11 is 11.9. The lowest BCUT2D eigenvalue weighted by molar-refractivity contribution is 0.287. The van der Waals surface area contributed by atoms with Gasteiger partial charge in [-0.3, -0.25) is 0 Å². The van der Waals surface area contributed by atoms with Crippen LogP contribution in [-0.2, 0) is 6.54 Å². The Balaban J connectivity index is 2.74. The summed E-state index contributed by atoms with van der Waals surface area (Å²) in [7, 11) is 4.09. The second-order valence-electron chi connectivity index (χ2n) is 5.39. The van der Waals surface area contributed by atoms with Gasteiger partial charge in [-0.05, 0) is 32.1 Å². The fourth-order valence-electron chi connectivity index (χ4n) is 1.90. The molecule has 0 aliphatic carbocycles. The number of halogens is 2. The van der Waals surface area contributed by atoms with Crippen LogP contribution in [0.5, 0.6) is 5.75 Å². The molecule has 0 fully saturated rings. The third-order valence-corrected chi connectivity index (χ3v) is 3.53. The van der Waals surface area contributed by atoms with Crippen molar-refractivity contribution in [2.75, 3.05) is 20.6 Å². The van der Waals surface area contributed by atoms with Gasteiger partial charge < -0.3 is 15.3 Å². The second-order valence-corrected chi connectivity index (χ2v) is 6.23. The SMILES string of the molecule is CC(C)C(CN(C)C)NCc1cc(Cl)cc(Cl)c1O. The molecule has 1 unspecified atom stereocenters. The maximum Gasteiger partial charge on any atom is 0.138 e. The summed E-state index contributed by atoms with van der Waals surface area (Å²) < 4.78 is 0. The van der Waals surface area contributed by atoms with E-state index in [-0.39, 0.29) is 10.8 Å². The smallest absolute Gasteiger partial charge is 0.138 e. The highest BCUT2D eigenvalue weighted by molar-refractivity contribution is 6.35. The van der Waals surface area contributed by atoms with Crippen LogP contribution in [0.4, 0.5) is 0 Å². The standard InChI is InChI=1S/C14H22Cl2N2O/c1-9(2)13(8-18(3)4)17-7-10-5-11(15)6-12(16)14(10)19/h5-6,9,13,17,19H,7-8H2,1-4H3. The Kier molecular flexibility index (Phi) is 6.40. The zero-order chi connectivity index (χ0) is 14.6. The van der Waals surface area contributed by atoms with E-state index in [2.05, 4.69) is 24.1 Å². The summed E-state index contributed by atoms with van der Waals surface area (Å²) in [5.74, 6) is 0.602. The van der Waals surface area contributed by atoms with Gasteiger partial charge in [0.1, 0.15) is 5.75 Å². The molecule has 0 saturated carbocycles. The van der Waals surface area contributed by atoms with Crippen molar-refractivity contribution < 1.29 is 5.11 Å². The van der Waals surface area contributed by atoms with Crippen LogP contribution in [0.3, 0.4) is 0 Å². The van der Waals surface area contributed by atoms with Crippen LogP contribution < -0.4 is 5.32 Å². The fraction of sp³-hybridized carbons (Fsp3) is 0.571. The zero-order valence-electron chi connectivity index (χ0n) is 11.9. The third-order valence-electron chi connectivity index (χ3n) is 3.03. The Morgan fingerprint density at radius 3 is 2.42 bits per heavy atom. The number of aromatic hydroxyl groups is 1. The molecule has 1 aromatic rings. The summed E-state index contributed by atoms with van der Waals surface area (Å²) in [6, 6.07) is 3.62. The zero-order valence-corrected chi connectivity index (χ0v) is 13.4. The summed E-state index contributed by atoms with van der Waals surface area (Å²) in [4.78, 5) is 2.14. The number of phenolic OH excluding ortho intramolecular Hbond substituents is 1. The number of phenols is 1.